The summed E-state index contributed by atoms with van der Waals surface area (Å²) in [5, 5.41) is 0. The zero-order valence-electron chi connectivity index (χ0n) is 10.2. The van der Waals surface area contributed by atoms with Crippen LogP contribution in [0.1, 0.15) is 10.4 Å². The fourth-order valence-electron chi connectivity index (χ4n) is 1.89. The summed E-state index contributed by atoms with van der Waals surface area (Å²) in [6.45, 7) is 0. The van der Waals surface area contributed by atoms with Crippen LogP contribution in [-0.4, -0.2) is 15.6 Å². The first kappa shape index (κ1) is 12.8. The van der Waals surface area contributed by atoms with Crippen LogP contribution in [0.4, 0.5) is 4.39 Å². The van der Waals surface area contributed by atoms with E-state index < -0.39 is 11.7 Å². The second kappa shape index (κ2) is 5.05. The lowest BCUT2D eigenvalue weighted by Crippen LogP contribution is -2.23. The van der Waals surface area contributed by atoms with Gasteiger partial charge in [0.15, 0.2) is 0 Å². The number of carbonyl (C=O) groups is 1. The van der Waals surface area contributed by atoms with E-state index in [-0.39, 0.29) is 5.56 Å². The van der Waals surface area contributed by atoms with Crippen molar-refractivity contribution in [1.82, 2.24) is 9.66 Å². The molecule has 1 N–H and O–H groups in total. The van der Waals surface area contributed by atoms with Gasteiger partial charge in [-0.05, 0) is 30.3 Å². The van der Waals surface area contributed by atoms with E-state index in [1.54, 1.807) is 6.07 Å². The van der Waals surface area contributed by atoms with Crippen molar-refractivity contribution >= 4 is 32.9 Å². The lowest BCUT2D eigenvalue weighted by atomic mass is 10.2. The Hall–Kier alpha value is -2.21. The van der Waals surface area contributed by atoms with Gasteiger partial charge in [-0.25, -0.2) is 14.1 Å². The van der Waals surface area contributed by atoms with Gasteiger partial charge in [-0.3, -0.25) is 10.2 Å². The third-order valence-electron chi connectivity index (χ3n) is 2.85. The smallest absolute Gasteiger partial charge is 0.267 e. The van der Waals surface area contributed by atoms with Gasteiger partial charge in [-0.15, -0.1) is 0 Å². The summed E-state index contributed by atoms with van der Waals surface area (Å²) in [6, 6.07) is 11.6. The molecule has 0 aliphatic carbocycles. The molecule has 1 aromatic heterocycles. The number of carbonyl (C=O) groups excluding carboxylic acids is 1. The molecule has 3 rings (SSSR count). The number of nitrogens with one attached hydrogen (secondary N) is 1. The first-order valence-electron chi connectivity index (χ1n) is 5.83. The summed E-state index contributed by atoms with van der Waals surface area (Å²) in [4.78, 5) is 16.3. The molecule has 0 saturated heterocycles. The van der Waals surface area contributed by atoms with Gasteiger partial charge in [0.1, 0.15) is 12.1 Å². The molecule has 0 atom stereocenters. The molecule has 20 heavy (non-hydrogen) atoms. The van der Waals surface area contributed by atoms with E-state index in [0.717, 1.165) is 11.0 Å². The van der Waals surface area contributed by atoms with E-state index in [1.807, 2.05) is 24.3 Å². The number of fused-ring (bicyclic) bond motifs is 1. The van der Waals surface area contributed by atoms with Gasteiger partial charge in [0.2, 0.25) is 0 Å². The van der Waals surface area contributed by atoms with E-state index in [0.29, 0.717) is 4.47 Å². The second-order valence-electron chi connectivity index (χ2n) is 4.17. The van der Waals surface area contributed by atoms with Crippen LogP contribution in [0.25, 0.3) is 11.0 Å². The summed E-state index contributed by atoms with van der Waals surface area (Å²) < 4.78 is 15.8. The molecular formula is C14H9BrFN3O. The van der Waals surface area contributed by atoms with Crippen LogP contribution >= 0.6 is 15.9 Å². The number of hydrogen-bond donors (Lipinski definition) is 1. The topological polar surface area (TPSA) is 46.9 Å². The van der Waals surface area contributed by atoms with Crippen LogP contribution in [0.3, 0.4) is 0 Å². The molecule has 0 aliphatic rings. The van der Waals surface area contributed by atoms with Gasteiger partial charge in [0.05, 0.1) is 16.6 Å². The molecule has 0 aliphatic heterocycles. The Balaban J connectivity index is 1.94. The van der Waals surface area contributed by atoms with Crippen molar-refractivity contribution in [2.75, 3.05) is 5.43 Å². The maximum atomic E-state index is 13.7. The Morgan fingerprint density at radius 1 is 1.25 bits per heavy atom. The number of halogens is 2. The average molecular weight is 334 g/mol. The molecular weight excluding hydrogens is 325 g/mol. The molecule has 4 nitrogen and oxygen atoms in total. The summed E-state index contributed by atoms with van der Waals surface area (Å²) in [7, 11) is 0. The number of rotatable bonds is 2. The minimum Gasteiger partial charge on any atom is -0.267 e. The van der Waals surface area contributed by atoms with Crippen LogP contribution in [0.15, 0.2) is 53.3 Å². The first-order chi connectivity index (χ1) is 9.65. The van der Waals surface area contributed by atoms with Crippen molar-refractivity contribution in [2.24, 2.45) is 0 Å². The number of amides is 1. The van der Waals surface area contributed by atoms with Gasteiger partial charge in [0.25, 0.3) is 5.91 Å². The summed E-state index contributed by atoms with van der Waals surface area (Å²) in [6.07, 6.45) is 1.48. The molecule has 0 spiro atoms. The van der Waals surface area contributed by atoms with Crippen LogP contribution in [0, 0.1) is 5.82 Å². The maximum Gasteiger partial charge on any atom is 0.273 e. The molecule has 2 aromatic carbocycles. The molecule has 6 heteroatoms. The molecule has 0 unspecified atom stereocenters. The summed E-state index contributed by atoms with van der Waals surface area (Å²) >= 11 is 3.22. The standard InChI is InChI=1S/C14H9BrFN3O/c15-9-5-6-11(16)10(7-9)14(20)18-19-8-17-12-3-1-2-4-13(12)19/h1-8H,(H,18,20). The fraction of sp³-hybridized carbons (Fsp3) is 0. The Morgan fingerprint density at radius 3 is 2.90 bits per heavy atom. The Labute approximate surface area is 122 Å². The van der Waals surface area contributed by atoms with Crippen molar-refractivity contribution in [2.45, 2.75) is 0 Å². The van der Waals surface area contributed by atoms with Gasteiger partial charge in [-0.2, -0.15) is 0 Å². The van der Waals surface area contributed by atoms with E-state index in [4.69, 9.17) is 0 Å². The minimum absolute atomic E-state index is 0.0304. The molecule has 3 aromatic rings. The van der Waals surface area contributed by atoms with Crippen LogP contribution < -0.4 is 5.43 Å². The van der Waals surface area contributed by atoms with Crippen molar-refractivity contribution in [3.8, 4) is 0 Å². The number of imidazole rings is 1. The number of aromatic nitrogens is 2. The number of para-hydroxylation sites is 2. The van der Waals surface area contributed by atoms with Crippen LogP contribution in [0.2, 0.25) is 0 Å². The average Bonchev–Trinajstić information content (AvgIpc) is 2.85. The number of benzene rings is 2. The number of nitrogens with zero attached hydrogens (tertiary/aromatic N) is 2. The van der Waals surface area contributed by atoms with E-state index in [1.165, 1.54) is 23.1 Å². The third-order valence-corrected chi connectivity index (χ3v) is 3.34. The normalized spacial score (nSPS) is 10.7. The number of hydrogen-bond acceptors (Lipinski definition) is 2. The monoisotopic (exact) mass is 333 g/mol. The highest BCUT2D eigenvalue weighted by atomic mass is 79.9. The Morgan fingerprint density at radius 2 is 2.05 bits per heavy atom. The predicted octanol–water partition coefficient (Wildman–Crippen LogP) is 3.32. The van der Waals surface area contributed by atoms with E-state index >= 15 is 0 Å². The van der Waals surface area contributed by atoms with Crippen molar-refractivity contribution in [3.05, 3.63) is 64.6 Å². The first-order valence-corrected chi connectivity index (χ1v) is 6.63. The molecule has 100 valence electrons. The largest absolute Gasteiger partial charge is 0.273 e. The molecule has 0 bridgehead atoms. The second-order valence-corrected chi connectivity index (χ2v) is 5.08. The summed E-state index contributed by atoms with van der Waals surface area (Å²) in [5.74, 6) is -1.11. The third kappa shape index (κ3) is 2.30. The predicted molar refractivity (Wildman–Crippen MR) is 77.5 cm³/mol. The van der Waals surface area contributed by atoms with Gasteiger partial charge < -0.3 is 0 Å². The van der Waals surface area contributed by atoms with Gasteiger partial charge in [-0.1, -0.05) is 28.1 Å². The van der Waals surface area contributed by atoms with E-state index in [2.05, 4.69) is 26.3 Å². The van der Waals surface area contributed by atoms with Crippen molar-refractivity contribution in [3.63, 3.8) is 0 Å². The molecule has 1 heterocycles. The van der Waals surface area contributed by atoms with Crippen molar-refractivity contribution < 1.29 is 9.18 Å². The molecule has 1 amide bonds. The Kier molecular flexibility index (Phi) is 3.23. The molecule has 0 saturated carbocycles. The van der Waals surface area contributed by atoms with Gasteiger partial charge in [0, 0.05) is 4.47 Å². The SMILES string of the molecule is O=C(Nn1cnc2ccccc21)c1cc(Br)ccc1F. The highest BCUT2D eigenvalue weighted by Gasteiger charge is 2.13. The quantitative estimate of drug-likeness (QED) is 0.781. The van der Waals surface area contributed by atoms with E-state index in [9.17, 15) is 9.18 Å². The fourth-order valence-corrected chi connectivity index (χ4v) is 2.25. The zero-order chi connectivity index (χ0) is 14.1. The lowest BCUT2D eigenvalue weighted by Gasteiger charge is -2.08. The highest BCUT2D eigenvalue weighted by molar-refractivity contribution is 9.10. The maximum absolute atomic E-state index is 13.7. The van der Waals surface area contributed by atoms with Crippen LogP contribution in [0.5, 0.6) is 0 Å². The van der Waals surface area contributed by atoms with Crippen molar-refractivity contribution in [1.29, 1.82) is 0 Å². The highest BCUT2D eigenvalue weighted by Crippen LogP contribution is 2.16. The van der Waals surface area contributed by atoms with Crippen LogP contribution in [-0.2, 0) is 0 Å². The molecule has 0 radical (unpaired) electrons. The lowest BCUT2D eigenvalue weighted by molar-refractivity contribution is 0.100. The Bertz CT molecular complexity index is 800. The van der Waals surface area contributed by atoms with Gasteiger partial charge >= 0.3 is 0 Å². The minimum atomic E-state index is -0.574. The summed E-state index contributed by atoms with van der Waals surface area (Å²) in [5.41, 5.74) is 4.07. The zero-order valence-corrected chi connectivity index (χ0v) is 11.8. The molecule has 0 fully saturated rings.